The van der Waals surface area contributed by atoms with E-state index in [-0.39, 0.29) is 0 Å². The van der Waals surface area contributed by atoms with Crippen LogP contribution >= 0.6 is 11.6 Å². The lowest BCUT2D eigenvalue weighted by Gasteiger charge is -2.24. The van der Waals surface area contributed by atoms with Crippen molar-refractivity contribution >= 4 is 28.2 Å². The number of aromatic nitrogens is 1. The van der Waals surface area contributed by atoms with E-state index >= 15 is 0 Å². The van der Waals surface area contributed by atoms with Crippen LogP contribution in [-0.2, 0) is 0 Å². The van der Waals surface area contributed by atoms with Gasteiger partial charge in [0.25, 0.3) is 0 Å². The van der Waals surface area contributed by atoms with E-state index in [0.29, 0.717) is 16.8 Å². The molecule has 2 aromatic rings. The van der Waals surface area contributed by atoms with Gasteiger partial charge in [0, 0.05) is 17.5 Å². The van der Waals surface area contributed by atoms with Gasteiger partial charge in [-0.05, 0) is 43.2 Å². The third-order valence-corrected chi connectivity index (χ3v) is 5.34. The van der Waals surface area contributed by atoms with E-state index in [4.69, 9.17) is 16.3 Å². The number of ether oxygens (including phenoxy) is 1. The van der Waals surface area contributed by atoms with Crippen molar-refractivity contribution in [2.24, 2.45) is 11.8 Å². The number of fused-ring (bicyclic) bond motifs is 3. The number of anilines is 1. The van der Waals surface area contributed by atoms with E-state index in [9.17, 15) is 0 Å². The van der Waals surface area contributed by atoms with Crippen LogP contribution in [0.15, 0.2) is 24.4 Å². The maximum absolute atomic E-state index is 6.20. The van der Waals surface area contributed by atoms with Crippen molar-refractivity contribution in [1.82, 2.24) is 4.98 Å². The molecule has 2 fully saturated rings. The van der Waals surface area contributed by atoms with Gasteiger partial charge in [0.15, 0.2) is 0 Å². The second-order valence-corrected chi connectivity index (χ2v) is 6.74. The van der Waals surface area contributed by atoms with Gasteiger partial charge in [0.05, 0.1) is 29.5 Å². The summed E-state index contributed by atoms with van der Waals surface area (Å²) in [5.41, 5.74) is 2.01. The van der Waals surface area contributed by atoms with Crippen LogP contribution in [0.5, 0.6) is 5.75 Å². The summed E-state index contributed by atoms with van der Waals surface area (Å²) in [4.78, 5) is 4.53. The van der Waals surface area contributed by atoms with Crippen LogP contribution in [0.2, 0.25) is 5.02 Å². The van der Waals surface area contributed by atoms with Gasteiger partial charge in [-0.15, -0.1) is 0 Å². The average Bonchev–Trinajstić information content (AvgIpc) is 3.09. The first kappa shape index (κ1) is 13.2. The molecule has 2 aliphatic carbocycles. The molecule has 3 atom stereocenters. The molecule has 1 aromatic heterocycles. The Morgan fingerprint density at radius 2 is 2.14 bits per heavy atom. The Morgan fingerprint density at radius 3 is 2.86 bits per heavy atom. The summed E-state index contributed by atoms with van der Waals surface area (Å²) in [6.45, 7) is 0. The van der Waals surface area contributed by atoms with Crippen molar-refractivity contribution in [3.63, 3.8) is 0 Å². The summed E-state index contributed by atoms with van der Waals surface area (Å²) in [6, 6.07) is 6.57. The number of nitrogens with zero attached hydrogens (tertiary/aromatic N) is 1. The largest absolute Gasteiger partial charge is 0.495 e. The molecule has 2 saturated carbocycles. The third kappa shape index (κ3) is 2.34. The highest BCUT2D eigenvalue weighted by atomic mass is 35.5. The van der Waals surface area contributed by atoms with Crippen LogP contribution in [-0.4, -0.2) is 18.1 Å². The minimum Gasteiger partial charge on any atom is -0.495 e. The smallest absolute Gasteiger partial charge is 0.139 e. The first-order valence-corrected chi connectivity index (χ1v) is 8.00. The van der Waals surface area contributed by atoms with E-state index in [1.54, 1.807) is 7.11 Å². The van der Waals surface area contributed by atoms with Crippen molar-refractivity contribution < 1.29 is 4.74 Å². The van der Waals surface area contributed by atoms with Gasteiger partial charge in [-0.1, -0.05) is 18.0 Å². The Hall–Kier alpha value is -1.48. The Labute approximate surface area is 129 Å². The molecule has 0 spiro atoms. The first-order chi connectivity index (χ1) is 10.2. The zero-order valence-corrected chi connectivity index (χ0v) is 12.9. The Morgan fingerprint density at radius 1 is 1.24 bits per heavy atom. The van der Waals surface area contributed by atoms with Crippen LogP contribution in [0, 0.1) is 11.8 Å². The predicted octanol–water partition coefficient (Wildman–Crippen LogP) is 4.50. The van der Waals surface area contributed by atoms with Crippen molar-refractivity contribution in [3.05, 3.63) is 29.4 Å². The van der Waals surface area contributed by atoms with Gasteiger partial charge in [-0.25, -0.2) is 0 Å². The first-order valence-electron chi connectivity index (χ1n) is 7.63. The van der Waals surface area contributed by atoms with Crippen LogP contribution in [0.3, 0.4) is 0 Å². The SMILES string of the molecule is COc1cc2ncc(NC3CC4CCC3C4)cc2cc1Cl. The molecular weight excluding hydrogens is 284 g/mol. The molecule has 3 unspecified atom stereocenters. The highest BCUT2D eigenvalue weighted by Gasteiger charge is 2.39. The van der Waals surface area contributed by atoms with Crippen molar-refractivity contribution in [1.29, 1.82) is 0 Å². The molecule has 0 radical (unpaired) electrons. The van der Waals surface area contributed by atoms with E-state index in [0.717, 1.165) is 28.4 Å². The topological polar surface area (TPSA) is 34.1 Å². The van der Waals surface area contributed by atoms with Crippen LogP contribution in [0.25, 0.3) is 10.9 Å². The fourth-order valence-corrected chi connectivity index (χ4v) is 4.25. The van der Waals surface area contributed by atoms with E-state index in [1.807, 2.05) is 18.3 Å². The standard InChI is InChI=1S/C17H19ClN2O/c1-21-17-8-15-12(7-14(17)18)6-13(9-19-15)20-16-5-10-2-3-11(16)4-10/h6-11,16,20H,2-5H2,1H3. The Kier molecular flexibility index (Phi) is 3.18. The molecule has 0 aliphatic heterocycles. The van der Waals surface area contributed by atoms with E-state index in [1.165, 1.54) is 25.7 Å². The van der Waals surface area contributed by atoms with E-state index in [2.05, 4.69) is 16.4 Å². The zero-order valence-electron chi connectivity index (χ0n) is 12.1. The molecule has 21 heavy (non-hydrogen) atoms. The molecule has 110 valence electrons. The van der Waals surface area contributed by atoms with Crippen molar-refractivity contribution in [2.75, 3.05) is 12.4 Å². The third-order valence-electron chi connectivity index (χ3n) is 5.04. The second kappa shape index (κ2) is 5.06. The predicted molar refractivity (Wildman–Crippen MR) is 86.2 cm³/mol. The lowest BCUT2D eigenvalue weighted by Crippen LogP contribution is -2.25. The molecule has 1 heterocycles. The second-order valence-electron chi connectivity index (χ2n) is 6.33. The normalized spacial score (nSPS) is 27.2. The van der Waals surface area contributed by atoms with Gasteiger partial charge < -0.3 is 10.1 Å². The maximum Gasteiger partial charge on any atom is 0.139 e. The molecule has 3 nitrogen and oxygen atoms in total. The van der Waals surface area contributed by atoms with E-state index < -0.39 is 0 Å². The summed E-state index contributed by atoms with van der Waals surface area (Å²) >= 11 is 6.20. The molecule has 4 heteroatoms. The number of rotatable bonds is 3. The van der Waals surface area contributed by atoms with Gasteiger partial charge in [-0.3, -0.25) is 4.98 Å². The molecule has 0 saturated heterocycles. The monoisotopic (exact) mass is 302 g/mol. The van der Waals surface area contributed by atoms with Crippen molar-refractivity contribution in [2.45, 2.75) is 31.7 Å². The quantitative estimate of drug-likeness (QED) is 0.906. The molecule has 2 bridgehead atoms. The zero-order chi connectivity index (χ0) is 14.4. The number of hydrogen-bond acceptors (Lipinski definition) is 3. The fourth-order valence-electron chi connectivity index (χ4n) is 4.00. The number of benzene rings is 1. The minimum atomic E-state index is 0.622. The molecule has 1 N–H and O–H groups in total. The summed E-state index contributed by atoms with van der Waals surface area (Å²) in [5.74, 6) is 2.47. The molecule has 0 amide bonds. The van der Waals surface area contributed by atoms with Gasteiger partial charge in [0.1, 0.15) is 5.75 Å². The van der Waals surface area contributed by atoms with Gasteiger partial charge >= 0.3 is 0 Å². The van der Waals surface area contributed by atoms with Crippen molar-refractivity contribution in [3.8, 4) is 5.75 Å². The van der Waals surface area contributed by atoms with Crippen LogP contribution in [0.4, 0.5) is 5.69 Å². The lowest BCUT2D eigenvalue weighted by atomic mass is 9.95. The van der Waals surface area contributed by atoms with Gasteiger partial charge in [-0.2, -0.15) is 0 Å². The number of pyridine rings is 1. The summed E-state index contributed by atoms with van der Waals surface area (Å²) in [5, 5.41) is 5.35. The number of hydrogen-bond donors (Lipinski definition) is 1. The Bertz CT molecular complexity index is 688. The number of methoxy groups -OCH3 is 1. The van der Waals surface area contributed by atoms with Crippen LogP contribution < -0.4 is 10.1 Å². The highest BCUT2D eigenvalue weighted by molar-refractivity contribution is 6.32. The summed E-state index contributed by atoms with van der Waals surface area (Å²) in [6.07, 6.45) is 7.44. The lowest BCUT2D eigenvalue weighted by molar-refractivity contribution is 0.415. The maximum atomic E-state index is 6.20. The average molecular weight is 303 g/mol. The summed E-state index contributed by atoms with van der Waals surface area (Å²) in [7, 11) is 1.62. The highest BCUT2D eigenvalue weighted by Crippen LogP contribution is 2.45. The number of nitrogens with one attached hydrogen (secondary N) is 1. The van der Waals surface area contributed by atoms with Gasteiger partial charge in [0.2, 0.25) is 0 Å². The molecular formula is C17H19ClN2O. The molecule has 4 rings (SSSR count). The minimum absolute atomic E-state index is 0.622. The molecule has 1 aromatic carbocycles. The summed E-state index contributed by atoms with van der Waals surface area (Å²) < 4.78 is 5.24. The molecule has 2 aliphatic rings. The number of halogens is 1. The fraction of sp³-hybridized carbons (Fsp3) is 0.471. The Balaban J connectivity index is 1.61. The van der Waals surface area contributed by atoms with Crippen LogP contribution in [0.1, 0.15) is 25.7 Å².